The largest absolute Gasteiger partial charge is 0.494 e. The fourth-order valence-corrected chi connectivity index (χ4v) is 3.31. The first-order chi connectivity index (χ1) is 9.11. The standard InChI is InChI=1S/C12H11ClN4OS/c1-5-8(11(14)17-16-5)12-15-9-7(18-2)4-3-6(13)10(9)19-12/h3-4H,1-2H3,(H3,14,16,17). The van der Waals surface area contributed by atoms with Crippen LogP contribution in [0.1, 0.15) is 5.69 Å². The molecule has 2 heterocycles. The molecule has 0 atom stereocenters. The van der Waals surface area contributed by atoms with Gasteiger partial charge < -0.3 is 10.5 Å². The first kappa shape index (κ1) is 12.3. The smallest absolute Gasteiger partial charge is 0.155 e. The zero-order valence-electron chi connectivity index (χ0n) is 10.3. The van der Waals surface area contributed by atoms with E-state index >= 15 is 0 Å². The molecule has 3 rings (SSSR count). The monoisotopic (exact) mass is 294 g/mol. The molecule has 0 unspecified atom stereocenters. The SMILES string of the molecule is COc1ccc(Cl)c2sc(-c3c(N)n[nH]c3C)nc12. The lowest BCUT2D eigenvalue weighted by atomic mass is 10.2. The molecule has 3 N–H and O–H groups in total. The summed E-state index contributed by atoms with van der Waals surface area (Å²) in [5, 5.41) is 8.27. The maximum Gasteiger partial charge on any atom is 0.155 e. The highest BCUT2D eigenvalue weighted by molar-refractivity contribution is 7.22. The molecule has 2 aromatic heterocycles. The Hall–Kier alpha value is -1.79. The molecule has 0 bridgehead atoms. The van der Waals surface area contributed by atoms with Crippen LogP contribution in [-0.4, -0.2) is 22.3 Å². The van der Waals surface area contributed by atoms with Crippen LogP contribution < -0.4 is 10.5 Å². The molecule has 0 radical (unpaired) electrons. The van der Waals surface area contributed by atoms with Gasteiger partial charge in [0.15, 0.2) is 5.82 Å². The summed E-state index contributed by atoms with van der Waals surface area (Å²) >= 11 is 7.68. The lowest BCUT2D eigenvalue weighted by Gasteiger charge is -2.00. The Balaban J connectivity index is 2.30. The van der Waals surface area contributed by atoms with Gasteiger partial charge in [-0.05, 0) is 19.1 Å². The highest BCUT2D eigenvalue weighted by Gasteiger charge is 2.18. The maximum atomic E-state index is 6.20. The molecule has 0 fully saturated rings. The third-order valence-corrected chi connectivity index (χ3v) is 4.40. The fourth-order valence-electron chi connectivity index (χ4n) is 1.94. The Kier molecular flexibility index (Phi) is 2.83. The van der Waals surface area contributed by atoms with Gasteiger partial charge in [0.1, 0.15) is 16.3 Å². The van der Waals surface area contributed by atoms with Gasteiger partial charge in [-0.2, -0.15) is 5.10 Å². The van der Waals surface area contributed by atoms with Gasteiger partial charge in [-0.25, -0.2) is 4.98 Å². The summed E-state index contributed by atoms with van der Waals surface area (Å²) in [5.74, 6) is 1.13. The number of benzene rings is 1. The molecular weight excluding hydrogens is 284 g/mol. The van der Waals surface area contributed by atoms with E-state index in [1.54, 1.807) is 19.2 Å². The van der Waals surface area contributed by atoms with E-state index in [9.17, 15) is 0 Å². The first-order valence-corrected chi connectivity index (χ1v) is 6.75. The van der Waals surface area contributed by atoms with Crippen LogP contribution in [0.25, 0.3) is 20.8 Å². The normalized spacial score (nSPS) is 11.1. The fraction of sp³-hybridized carbons (Fsp3) is 0.167. The van der Waals surface area contributed by atoms with Crippen molar-refractivity contribution < 1.29 is 4.74 Å². The van der Waals surface area contributed by atoms with Crippen molar-refractivity contribution in [3.63, 3.8) is 0 Å². The van der Waals surface area contributed by atoms with Crippen molar-refractivity contribution in [3.05, 3.63) is 22.8 Å². The van der Waals surface area contributed by atoms with Crippen LogP contribution in [0.3, 0.4) is 0 Å². The predicted octanol–water partition coefficient (Wildman–Crippen LogP) is 3.24. The summed E-state index contributed by atoms with van der Waals surface area (Å²) in [6.45, 7) is 1.91. The minimum absolute atomic E-state index is 0.437. The number of nitrogen functional groups attached to an aromatic ring is 1. The topological polar surface area (TPSA) is 76.8 Å². The van der Waals surface area contributed by atoms with Gasteiger partial charge in [0, 0.05) is 5.69 Å². The highest BCUT2D eigenvalue weighted by Crippen LogP contribution is 2.40. The van der Waals surface area contributed by atoms with Gasteiger partial charge in [-0.15, -0.1) is 11.3 Å². The minimum atomic E-state index is 0.437. The molecule has 0 saturated carbocycles. The number of aryl methyl sites for hydroxylation is 1. The number of nitrogens with one attached hydrogen (secondary N) is 1. The number of hydrogen-bond acceptors (Lipinski definition) is 5. The average Bonchev–Trinajstić information content (AvgIpc) is 2.95. The molecule has 5 nitrogen and oxygen atoms in total. The second-order valence-corrected chi connectivity index (χ2v) is 5.46. The van der Waals surface area contributed by atoms with E-state index in [2.05, 4.69) is 15.2 Å². The Morgan fingerprint density at radius 1 is 1.42 bits per heavy atom. The van der Waals surface area contributed by atoms with E-state index in [1.807, 2.05) is 6.92 Å². The number of methoxy groups -OCH3 is 1. The molecule has 0 aliphatic rings. The summed E-state index contributed by atoms with van der Waals surface area (Å²) in [4.78, 5) is 4.58. The van der Waals surface area contributed by atoms with Crippen molar-refractivity contribution in [2.45, 2.75) is 6.92 Å². The number of hydrogen-bond donors (Lipinski definition) is 2. The number of halogens is 1. The van der Waals surface area contributed by atoms with Crippen molar-refractivity contribution >= 4 is 39.0 Å². The van der Waals surface area contributed by atoms with E-state index in [4.69, 9.17) is 22.1 Å². The predicted molar refractivity (Wildman–Crippen MR) is 77.9 cm³/mol. The zero-order valence-corrected chi connectivity index (χ0v) is 11.9. The Morgan fingerprint density at radius 2 is 2.21 bits per heavy atom. The molecule has 0 spiro atoms. The van der Waals surface area contributed by atoms with Crippen molar-refractivity contribution in [1.29, 1.82) is 0 Å². The number of anilines is 1. The zero-order chi connectivity index (χ0) is 13.6. The third-order valence-electron chi connectivity index (χ3n) is 2.87. The Labute approximate surface area is 118 Å². The number of H-pyrrole nitrogens is 1. The van der Waals surface area contributed by atoms with Crippen LogP contribution in [0.2, 0.25) is 5.02 Å². The maximum absolute atomic E-state index is 6.20. The number of ether oxygens (including phenoxy) is 1. The summed E-state index contributed by atoms with van der Waals surface area (Å²) < 4.78 is 6.19. The Bertz CT molecular complexity index is 745. The molecule has 98 valence electrons. The lowest BCUT2D eigenvalue weighted by Crippen LogP contribution is -1.88. The second-order valence-electron chi connectivity index (χ2n) is 4.06. The van der Waals surface area contributed by atoms with E-state index in [1.165, 1.54) is 11.3 Å². The lowest BCUT2D eigenvalue weighted by molar-refractivity contribution is 0.419. The van der Waals surface area contributed by atoms with Crippen LogP contribution in [-0.2, 0) is 0 Å². The van der Waals surface area contributed by atoms with Crippen molar-refractivity contribution in [3.8, 4) is 16.3 Å². The minimum Gasteiger partial charge on any atom is -0.494 e. The van der Waals surface area contributed by atoms with Crippen molar-refractivity contribution in [1.82, 2.24) is 15.2 Å². The van der Waals surface area contributed by atoms with Crippen molar-refractivity contribution in [2.75, 3.05) is 12.8 Å². The van der Waals surface area contributed by atoms with Gasteiger partial charge >= 0.3 is 0 Å². The van der Waals surface area contributed by atoms with Crippen LogP contribution in [0.5, 0.6) is 5.75 Å². The number of aromatic amines is 1. The van der Waals surface area contributed by atoms with E-state index in [0.29, 0.717) is 16.6 Å². The molecule has 1 aromatic carbocycles. The van der Waals surface area contributed by atoms with E-state index in [0.717, 1.165) is 26.5 Å². The van der Waals surface area contributed by atoms with Crippen LogP contribution in [0, 0.1) is 6.92 Å². The van der Waals surface area contributed by atoms with Crippen molar-refractivity contribution in [2.24, 2.45) is 0 Å². The number of fused-ring (bicyclic) bond motifs is 1. The number of thiazole rings is 1. The molecule has 7 heteroatoms. The second kappa shape index (κ2) is 4.40. The van der Waals surface area contributed by atoms with Gasteiger partial charge in [-0.3, -0.25) is 5.10 Å². The number of nitrogens with zero attached hydrogens (tertiary/aromatic N) is 2. The number of aromatic nitrogens is 3. The average molecular weight is 295 g/mol. The molecule has 0 amide bonds. The summed E-state index contributed by atoms with van der Waals surface area (Å²) in [7, 11) is 1.61. The number of rotatable bonds is 2. The molecule has 0 aliphatic heterocycles. The van der Waals surface area contributed by atoms with Crippen LogP contribution >= 0.6 is 22.9 Å². The molecular formula is C12H11ClN4OS. The van der Waals surface area contributed by atoms with Gasteiger partial charge in [-0.1, -0.05) is 11.6 Å². The highest BCUT2D eigenvalue weighted by atomic mass is 35.5. The molecule has 19 heavy (non-hydrogen) atoms. The summed E-state index contributed by atoms with van der Waals surface area (Å²) in [5.41, 5.74) is 8.31. The van der Waals surface area contributed by atoms with Crippen LogP contribution in [0.15, 0.2) is 12.1 Å². The van der Waals surface area contributed by atoms with Gasteiger partial charge in [0.25, 0.3) is 0 Å². The molecule has 3 aromatic rings. The number of nitrogens with two attached hydrogens (primary N) is 1. The van der Waals surface area contributed by atoms with Crippen LogP contribution in [0.4, 0.5) is 5.82 Å². The summed E-state index contributed by atoms with van der Waals surface area (Å²) in [6, 6.07) is 3.61. The molecule has 0 saturated heterocycles. The first-order valence-electron chi connectivity index (χ1n) is 5.55. The third kappa shape index (κ3) is 1.84. The van der Waals surface area contributed by atoms with Gasteiger partial charge in [0.05, 0.1) is 22.4 Å². The van der Waals surface area contributed by atoms with E-state index < -0.39 is 0 Å². The quantitative estimate of drug-likeness (QED) is 0.760. The molecule has 0 aliphatic carbocycles. The Morgan fingerprint density at radius 3 is 2.84 bits per heavy atom. The van der Waals surface area contributed by atoms with E-state index in [-0.39, 0.29) is 0 Å². The summed E-state index contributed by atoms with van der Waals surface area (Å²) in [6.07, 6.45) is 0. The van der Waals surface area contributed by atoms with Gasteiger partial charge in [0.2, 0.25) is 0 Å².